The molecule has 4 heteroatoms. The van der Waals surface area contributed by atoms with Gasteiger partial charge in [0, 0.05) is 17.8 Å². The summed E-state index contributed by atoms with van der Waals surface area (Å²) in [5.74, 6) is -1.36. The van der Waals surface area contributed by atoms with Gasteiger partial charge in [0.2, 0.25) is 0 Å². The normalized spacial score (nSPS) is 22.4. The molecule has 0 aromatic heterocycles. The topological polar surface area (TPSA) is 21.6 Å². The number of nitrogens with zero attached hydrogens (tertiary/aromatic N) is 1. The molecule has 2 heterocycles. The predicted octanol–water partition coefficient (Wildman–Crippen LogP) is 3.36. The van der Waals surface area contributed by atoms with Crippen molar-refractivity contribution in [3.63, 3.8) is 0 Å². The van der Waals surface area contributed by atoms with Gasteiger partial charge >= 0.3 is 0 Å². The molecule has 0 radical (unpaired) electrons. The lowest BCUT2D eigenvalue weighted by molar-refractivity contribution is 0.326. The minimum absolute atomic E-state index is 0.325. The van der Waals surface area contributed by atoms with Gasteiger partial charge in [-0.1, -0.05) is 18.2 Å². The molecule has 0 fully saturated rings. The summed E-state index contributed by atoms with van der Waals surface area (Å²) < 4.78 is 32.3. The Hall–Kier alpha value is -2.23. The van der Waals surface area contributed by atoms with E-state index in [-0.39, 0.29) is 0 Å². The van der Waals surface area contributed by atoms with E-state index in [0.29, 0.717) is 17.9 Å². The van der Waals surface area contributed by atoms with Gasteiger partial charge in [-0.3, -0.25) is 4.99 Å². The highest BCUT2D eigenvalue weighted by molar-refractivity contribution is 5.91. The first-order valence-electron chi connectivity index (χ1n) is 5.98. The van der Waals surface area contributed by atoms with E-state index >= 15 is 0 Å². The fourth-order valence-electron chi connectivity index (χ4n) is 2.81. The Morgan fingerprint density at radius 2 is 1.84 bits per heavy atom. The Balaban J connectivity index is 1.99. The van der Waals surface area contributed by atoms with Gasteiger partial charge in [-0.2, -0.15) is 0 Å². The maximum Gasteiger partial charge on any atom is 0.162 e. The molecule has 94 valence electrons. The summed E-state index contributed by atoms with van der Waals surface area (Å²) in [5, 5.41) is 0. The van der Waals surface area contributed by atoms with Gasteiger partial charge in [0.15, 0.2) is 11.6 Å². The maximum atomic E-state index is 13.5. The Labute approximate surface area is 108 Å². The van der Waals surface area contributed by atoms with Crippen molar-refractivity contribution in [3.05, 3.63) is 59.2 Å². The Kier molecular flexibility index (Phi) is 1.91. The van der Waals surface area contributed by atoms with Crippen molar-refractivity contribution in [2.45, 2.75) is 5.41 Å². The molecule has 0 saturated heterocycles. The van der Waals surface area contributed by atoms with E-state index in [9.17, 15) is 8.78 Å². The number of rotatable bonds is 0. The van der Waals surface area contributed by atoms with Crippen LogP contribution in [0.25, 0.3) is 0 Å². The molecule has 0 saturated carbocycles. The zero-order valence-electron chi connectivity index (χ0n) is 9.86. The molecule has 2 nitrogen and oxygen atoms in total. The number of fused-ring (bicyclic) bond motifs is 4. The van der Waals surface area contributed by atoms with E-state index in [0.717, 1.165) is 17.3 Å². The molecule has 2 aliphatic rings. The minimum atomic E-state index is -0.890. The van der Waals surface area contributed by atoms with Crippen LogP contribution in [0.5, 0.6) is 5.75 Å². The van der Waals surface area contributed by atoms with Crippen LogP contribution in [0.1, 0.15) is 11.1 Å². The van der Waals surface area contributed by atoms with Crippen LogP contribution in [0.3, 0.4) is 0 Å². The van der Waals surface area contributed by atoms with Crippen molar-refractivity contribution in [2.75, 3.05) is 6.61 Å². The zero-order valence-corrected chi connectivity index (χ0v) is 9.86. The lowest BCUT2D eigenvalue weighted by Crippen LogP contribution is -2.28. The van der Waals surface area contributed by atoms with Crippen molar-refractivity contribution in [1.82, 2.24) is 0 Å². The molecule has 0 aliphatic carbocycles. The van der Waals surface area contributed by atoms with Gasteiger partial charge in [-0.25, -0.2) is 8.78 Å². The smallest absolute Gasteiger partial charge is 0.162 e. The van der Waals surface area contributed by atoms with E-state index in [1.54, 1.807) is 6.21 Å². The minimum Gasteiger partial charge on any atom is -0.491 e. The number of halogens is 2. The number of ether oxygens (including phenoxy) is 1. The molecule has 0 amide bonds. The summed E-state index contributed by atoms with van der Waals surface area (Å²) in [5.41, 5.74) is 1.88. The molecule has 1 spiro atoms. The lowest BCUT2D eigenvalue weighted by atomic mass is 9.78. The summed E-state index contributed by atoms with van der Waals surface area (Å²) in [6, 6.07) is 9.98. The summed E-state index contributed by atoms with van der Waals surface area (Å²) in [6.45, 7) is 0.325. The van der Waals surface area contributed by atoms with E-state index in [1.165, 1.54) is 6.07 Å². The molecule has 2 aromatic carbocycles. The monoisotopic (exact) mass is 257 g/mol. The van der Waals surface area contributed by atoms with Gasteiger partial charge in [0.1, 0.15) is 12.4 Å². The first-order valence-corrected chi connectivity index (χ1v) is 5.98. The number of hydrogen-bond donors (Lipinski definition) is 0. The van der Waals surface area contributed by atoms with Crippen LogP contribution in [0.2, 0.25) is 0 Å². The van der Waals surface area contributed by atoms with Gasteiger partial charge < -0.3 is 4.74 Å². The highest BCUT2D eigenvalue weighted by Crippen LogP contribution is 2.48. The molecule has 4 rings (SSSR count). The molecule has 1 unspecified atom stereocenters. The highest BCUT2D eigenvalue weighted by Gasteiger charge is 2.45. The largest absolute Gasteiger partial charge is 0.491 e. The van der Waals surface area contributed by atoms with Crippen LogP contribution < -0.4 is 4.74 Å². The van der Waals surface area contributed by atoms with Crippen molar-refractivity contribution in [1.29, 1.82) is 0 Å². The fourth-order valence-corrected chi connectivity index (χ4v) is 2.81. The average molecular weight is 257 g/mol. The summed E-state index contributed by atoms with van der Waals surface area (Å²) in [4.78, 5) is 4.36. The standard InChI is InChI=1S/C15H9F2NO/c16-11-5-10-14(6-12(11)17)19-8-15(10)7-18-13-4-2-1-3-9(13)15/h1-7H,8H2. The number of aliphatic imine (C=N–C) groups is 1. The molecule has 2 aromatic rings. The third kappa shape index (κ3) is 1.26. The maximum absolute atomic E-state index is 13.5. The van der Waals surface area contributed by atoms with E-state index in [1.807, 2.05) is 24.3 Å². The molecule has 1 atom stereocenters. The molecule has 2 aliphatic heterocycles. The van der Waals surface area contributed by atoms with Crippen LogP contribution in [0, 0.1) is 11.6 Å². The van der Waals surface area contributed by atoms with Crippen LogP contribution >= 0.6 is 0 Å². The molecule has 0 bridgehead atoms. The van der Waals surface area contributed by atoms with Crippen LogP contribution in [-0.2, 0) is 5.41 Å². The third-order valence-corrected chi connectivity index (χ3v) is 3.77. The Morgan fingerprint density at radius 3 is 2.74 bits per heavy atom. The van der Waals surface area contributed by atoms with Crippen molar-refractivity contribution in [3.8, 4) is 5.75 Å². The second-order valence-electron chi connectivity index (χ2n) is 4.80. The quantitative estimate of drug-likeness (QED) is 0.709. The summed E-state index contributed by atoms with van der Waals surface area (Å²) in [7, 11) is 0. The second-order valence-corrected chi connectivity index (χ2v) is 4.80. The average Bonchev–Trinajstić information content (AvgIpc) is 2.96. The summed E-state index contributed by atoms with van der Waals surface area (Å²) >= 11 is 0. The predicted molar refractivity (Wildman–Crippen MR) is 67.2 cm³/mol. The Morgan fingerprint density at radius 1 is 1.05 bits per heavy atom. The number of para-hydroxylation sites is 1. The van der Waals surface area contributed by atoms with Crippen LogP contribution in [0.15, 0.2) is 41.4 Å². The van der Waals surface area contributed by atoms with E-state index in [4.69, 9.17) is 4.74 Å². The molecular formula is C15H9F2NO. The fraction of sp³-hybridized carbons (Fsp3) is 0.133. The van der Waals surface area contributed by atoms with Crippen molar-refractivity contribution in [2.24, 2.45) is 4.99 Å². The van der Waals surface area contributed by atoms with E-state index < -0.39 is 17.0 Å². The molecule has 19 heavy (non-hydrogen) atoms. The lowest BCUT2D eigenvalue weighted by Gasteiger charge is -2.20. The van der Waals surface area contributed by atoms with Crippen molar-refractivity contribution >= 4 is 11.9 Å². The van der Waals surface area contributed by atoms with Crippen molar-refractivity contribution < 1.29 is 13.5 Å². The SMILES string of the molecule is Fc1cc2c(cc1F)C1(C=Nc3ccccc31)CO2. The zero-order chi connectivity index (χ0) is 13.0. The molecular weight excluding hydrogens is 248 g/mol. The third-order valence-electron chi connectivity index (χ3n) is 3.77. The highest BCUT2D eigenvalue weighted by atomic mass is 19.2. The first-order chi connectivity index (χ1) is 9.21. The van der Waals surface area contributed by atoms with Gasteiger partial charge in [-0.15, -0.1) is 0 Å². The summed E-state index contributed by atoms with van der Waals surface area (Å²) in [6.07, 6.45) is 1.76. The van der Waals surface area contributed by atoms with Crippen LogP contribution in [0.4, 0.5) is 14.5 Å². The second kappa shape index (κ2) is 3.41. The van der Waals surface area contributed by atoms with Crippen LogP contribution in [-0.4, -0.2) is 12.8 Å². The van der Waals surface area contributed by atoms with Gasteiger partial charge in [-0.05, 0) is 17.7 Å². The number of hydrogen-bond acceptors (Lipinski definition) is 2. The van der Waals surface area contributed by atoms with E-state index in [2.05, 4.69) is 4.99 Å². The molecule has 0 N–H and O–H groups in total. The van der Waals surface area contributed by atoms with Gasteiger partial charge in [0.25, 0.3) is 0 Å². The van der Waals surface area contributed by atoms with Gasteiger partial charge in [0.05, 0.1) is 11.1 Å². The Bertz CT molecular complexity index is 726. The number of benzene rings is 2. The first kappa shape index (κ1) is 10.7.